The maximum absolute atomic E-state index is 14.9. The van der Waals surface area contributed by atoms with Crippen molar-refractivity contribution in [3.8, 4) is 0 Å². The van der Waals surface area contributed by atoms with Crippen molar-refractivity contribution in [3.05, 3.63) is 47.5 Å². The molecule has 1 unspecified atom stereocenters. The Kier molecular flexibility index (Phi) is 11.6. The van der Waals surface area contributed by atoms with E-state index >= 15 is 0 Å². The summed E-state index contributed by atoms with van der Waals surface area (Å²) in [6, 6.07) is 6.06. The average molecular weight is 797 g/mol. The van der Waals surface area contributed by atoms with Crippen LogP contribution < -0.4 is 4.72 Å². The van der Waals surface area contributed by atoms with Gasteiger partial charge < -0.3 is 19.5 Å². The lowest BCUT2D eigenvalue weighted by molar-refractivity contribution is -0.160. The van der Waals surface area contributed by atoms with E-state index in [1.807, 2.05) is 45.1 Å². The molecular formula is C42H60N4O9S. The van der Waals surface area contributed by atoms with Gasteiger partial charge in [0.25, 0.3) is 0 Å². The molecule has 6 rings (SSSR count). The van der Waals surface area contributed by atoms with Gasteiger partial charge >= 0.3 is 5.97 Å². The molecule has 1 aromatic rings. The average Bonchev–Trinajstić information content (AvgIpc) is 3.99. The Hall–Kier alpha value is -3.78. The fraction of sp³-hybridized carbons (Fsp3) is 0.690. The number of hydrogen-bond acceptors (Lipinski definition) is 11. The molecule has 2 N–H and O–H groups in total. The predicted octanol–water partition coefficient (Wildman–Crippen LogP) is 5.37. The second-order valence-electron chi connectivity index (χ2n) is 18.5. The second-order valence-corrected chi connectivity index (χ2v) is 20.7. The van der Waals surface area contributed by atoms with Crippen molar-refractivity contribution >= 4 is 39.5 Å². The fourth-order valence-corrected chi connectivity index (χ4v) is 9.90. The number of carbonyl (C=O) groups is 4. The highest BCUT2D eigenvalue weighted by molar-refractivity contribution is 7.91. The Balaban J connectivity index is 1.36. The topological polar surface area (TPSA) is 172 Å². The number of hydrogen-bond donors (Lipinski definition) is 2. The highest BCUT2D eigenvalue weighted by Crippen LogP contribution is 2.57. The summed E-state index contributed by atoms with van der Waals surface area (Å²) in [5, 5.41) is 17.3. The smallest absolute Gasteiger partial charge is 0.307 e. The van der Waals surface area contributed by atoms with Crippen LogP contribution in [0.25, 0.3) is 0 Å². The first-order chi connectivity index (χ1) is 26.1. The number of nitrogens with zero attached hydrogens (tertiary/aromatic N) is 3. The lowest BCUT2D eigenvalue weighted by Gasteiger charge is -2.35. The fourth-order valence-electron chi connectivity index (χ4n) is 8.56. The highest BCUT2D eigenvalue weighted by atomic mass is 32.2. The molecule has 1 aromatic carbocycles. The predicted molar refractivity (Wildman–Crippen MR) is 210 cm³/mol. The molecule has 308 valence electrons. The number of hydrazone groups is 1. The maximum Gasteiger partial charge on any atom is 0.307 e. The quantitative estimate of drug-likeness (QED) is 0.270. The number of sulfonamides is 1. The lowest BCUT2D eigenvalue weighted by Crippen LogP contribution is -2.48. The molecule has 3 heterocycles. The molecule has 56 heavy (non-hydrogen) atoms. The molecule has 2 aliphatic carbocycles. The van der Waals surface area contributed by atoms with Gasteiger partial charge in [0.05, 0.1) is 35.1 Å². The highest BCUT2D eigenvalue weighted by Gasteiger charge is 2.63. The number of esters is 1. The van der Waals surface area contributed by atoms with Crippen LogP contribution in [0.5, 0.6) is 0 Å². The van der Waals surface area contributed by atoms with Crippen LogP contribution >= 0.6 is 0 Å². The summed E-state index contributed by atoms with van der Waals surface area (Å²) in [6.45, 7) is 14.8. The van der Waals surface area contributed by atoms with E-state index in [9.17, 15) is 32.7 Å². The van der Waals surface area contributed by atoms with E-state index in [1.165, 1.54) is 4.90 Å². The van der Waals surface area contributed by atoms with Crippen molar-refractivity contribution in [1.29, 1.82) is 0 Å². The van der Waals surface area contributed by atoms with Gasteiger partial charge in [-0.2, -0.15) is 0 Å². The van der Waals surface area contributed by atoms with Crippen LogP contribution in [0.1, 0.15) is 131 Å². The van der Waals surface area contributed by atoms with Gasteiger partial charge in [0.2, 0.25) is 27.7 Å². The first-order valence-electron chi connectivity index (χ1n) is 20.2. The number of fused-ring (bicyclic) bond motifs is 3. The van der Waals surface area contributed by atoms with Gasteiger partial charge in [-0.1, -0.05) is 44.2 Å². The standard InChI is InChI=1S/C42H60N4O9S/c1-25(2)46-38(50)31-16-12-11-15-30(31)36(43-46)54-29-20-33-34(47)23-42(39(51)44-56(52,53)41(8)17-18-41)22-28(42)14-10-9-13-26(3)19-27(4)32(37(49)45(33)24-29)21-35(48)55-40(5,6)7/h10-12,14-16,25-29,32-33,38,50H,9,13,17-24H2,1-8H3,(H,44,51)/b14-10-/t26-,27+,28+,29+,32-,33-,38?,42+/m0/s1. The normalized spacial score (nSPS) is 32.5. The molecule has 5 aliphatic rings. The number of benzene rings is 1. The molecule has 1 saturated heterocycles. The zero-order chi connectivity index (χ0) is 41.0. The number of carbonyl (C=O) groups excluding carboxylic acids is 4. The van der Waals surface area contributed by atoms with E-state index in [0.29, 0.717) is 43.2 Å². The molecule has 13 nitrogen and oxygen atoms in total. The van der Waals surface area contributed by atoms with Gasteiger partial charge in [0, 0.05) is 30.0 Å². The number of ketones is 1. The van der Waals surface area contributed by atoms with Gasteiger partial charge in [-0.05, 0) is 104 Å². The van der Waals surface area contributed by atoms with Crippen LogP contribution in [0.2, 0.25) is 0 Å². The number of ether oxygens (including phenoxy) is 2. The van der Waals surface area contributed by atoms with Gasteiger partial charge in [-0.3, -0.25) is 28.9 Å². The molecule has 2 saturated carbocycles. The van der Waals surface area contributed by atoms with E-state index < -0.39 is 62.0 Å². The number of amides is 2. The van der Waals surface area contributed by atoms with Crippen LogP contribution in [0, 0.1) is 29.1 Å². The van der Waals surface area contributed by atoms with Crippen LogP contribution in [0.15, 0.2) is 41.5 Å². The number of aliphatic hydroxyl groups excluding tert-OH is 1. The Morgan fingerprint density at radius 3 is 2.46 bits per heavy atom. The number of rotatable bonds is 7. The Labute approximate surface area is 331 Å². The number of Topliss-reactive ketones (excluding diaryl/α,β-unsaturated/α-hetero) is 1. The molecule has 14 heteroatoms. The van der Waals surface area contributed by atoms with Crippen LogP contribution in [0.3, 0.4) is 0 Å². The Morgan fingerprint density at radius 2 is 1.80 bits per heavy atom. The van der Waals surface area contributed by atoms with Crippen molar-refractivity contribution in [3.63, 3.8) is 0 Å². The zero-order valence-corrected chi connectivity index (χ0v) is 34.9. The van der Waals surface area contributed by atoms with E-state index in [-0.39, 0.29) is 67.2 Å². The Morgan fingerprint density at radius 1 is 1.11 bits per heavy atom. The summed E-state index contributed by atoms with van der Waals surface area (Å²) in [5.41, 5.74) is -0.835. The van der Waals surface area contributed by atoms with E-state index in [1.54, 1.807) is 44.8 Å². The zero-order valence-electron chi connectivity index (χ0n) is 34.1. The molecular weight excluding hydrogens is 737 g/mol. The van der Waals surface area contributed by atoms with Gasteiger partial charge in [-0.25, -0.2) is 8.42 Å². The molecule has 3 fully saturated rings. The maximum atomic E-state index is 14.9. The van der Waals surface area contributed by atoms with Crippen molar-refractivity contribution in [2.75, 3.05) is 6.54 Å². The van der Waals surface area contributed by atoms with E-state index in [0.717, 1.165) is 6.42 Å². The van der Waals surface area contributed by atoms with Crippen molar-refractivity contribution in [2.24, 2.45) is 34.2 Å². The second kappa shape index (κ2) is 15.5. The third kappa shape index (κ3) is 8.71. The number of nitrogens with one attached hydrogen (secondary N) is 1. The first kappa shape index (κ1) is 41.8. The molecule has 3 aliphatic heterocycles. The van der Waals surface area contributed by atoms with Crippen LogP contribution in [-0.4, -0.2) is 88.0 Å². The van der Waals surface area contributed by atoms with Gasteiger partial charge in [0.15, 0.2) is 12.0 Å². The molecule has 0 bridgehead atoms. The Bertz CT molecular complexity index is 1880. The van der Waals surface area contributed by atoms with Crippen molar-refractivity contribution in [1.82, 2.24) is 14.6 Å². The van der Waals surface area contributed by atoms with Crippen molar-refractivity contribution in [2.45, 2.75) is 148 Å². The van der Waals surface area contributed by atoms with Gasteiger partial charge in [0.1, 0.15) is 11.7 Å². The number of allylic oxidation sites excluding steroid dienone is 2. The minimum absolute atomic E-state index is 0.0169. The van der Waals surface area contributed by atoms with Gasteiger partial charge in [-0.15, -0.1) is 5.10 Å². The molecule has 0 radical (unpaired) electrons. The molecule has 0 aromatic heterocycles. The van der Waals surface area contributed by atoms with Crippen LogP contribution in [0.4, 0.5) is 0 Å². The first-order valence-corrected chi connectivity index (χ1v) is 21.7. The summed E-state index contributed by atoms with van der Waals surface area (Å²) < 4.78 is 40.1. The third-order valence-corrected chi connectivity index (χ3v) is 14.5. The van der Waals surface area contributed by atoms with E-state index in [2.05, 4.69) is 16.7 Å². The van der Waals surface area contributed by atoms with Crippen LogP contribution in [-0.2, 0) is 38.7 Å². The van der Waals surface area contributed by atoms with E-state index in [4.69, 9.17) is 9.47 Å². The summed E-state index contributed by atoms with van der Waals surface area (Å²) >= 11 is 0. The minimum Gasteiger partial charge on any atom is -0.471 e. The molecule has 8 atom stereocenters. The summed E-state index contributed by atoms with van der Waals surface area (Å²) in [5.74, 6) is -2.85. The van der Waals surface area contributed by atoms with Crippen molar-refractivity contribution < 1.29 is 42.2 Å². The monoisotopic (exact) mass is 796 g/mol. The summed E-state index contributed by atoms with van der Waals surface area (Å²) in [4.78, 5) is 58.5. The minimum atomic E-state index is -3.96. The summed E-state index contributed by atoms with van der Waals surface area (Å²) in [6.07, 6.45) is 5.31. The number of aliphatic hydroxyl groups is 1. The molecule has 2 amide bonds. The SMILES string of the molecule is CC(C)N1N=C(O[C@@H]2C[C@H]3C(=O)C[C@]4(C(=O)NS(=O)(=O)C5(C)CC5)C[C@H]4/C=C\CC[C@H](C)C[C@@H](C)[C@H](CC(=O)OC(C)(C)C)C(=O)N3C2)c2ccccc2C1O. The lowest BCUT2D eigenvalue weighted by atomic mass is 9.82. The summed E-state index contributed by atoms with van der Waals surface area (Å²) in [7, 11) is -3.96. The third-order valence-electron chi connectivity index (χ3n) is 12.3. The molecule has 0 spiro atoms. The largest absolute Gasteiger partial charge is 0.471 e.